The van der Waals surface area contributed by atoms with Gasteiger partial charge in [-0.3, -0.25) is 4.84 Å². The highest BCUT2D eigenvalue weighted by Gasteiger charge is 2.09. The Labute approximate surface area is 105 Å². The van der Waals surface area contributed by atoms with Crippen molar-refractivity contribution >= 4 is 11.3 Å². The Morgan fingerprint density at radius 2 is 2.00 bits per heavy atom. The third kappa shape index (κ3) is 2.72. The van der Waals surface area contributed by atoms with Gasteiger partial charge in [-0.05, 0) is 18.9 Å². The van der Waals surface area contributed by atoms with Crippen LogP contribution in [0.5, 0.6) is 0 Å². The third-order valence-corrected chi connectivity index (χ3v) is 3.63. The minimum atomic E-state index is 0.374. The summed E-state index contributed by atoms with van der Waals surface area (Å²) >= 11 is 1.63. The van der Waals surface area contributed by atoms with Crippen LogP contribution in [0.2, 0.25) is 0 Å². The lowest BCUT2D eigenvalue weighted by Gasteiger charge is -2.00. The van der Waals surface area contributed by atoms with E-state index in [2.05, 4.69) is 47.9 Å². The van der Waals surface area contributed by atoms with Gasteiger partial charge in [-0.15, -0.1) is 11.3 Å². The molecule has 2 N–H and O–H groups in total. The summed E-state index contributed by atoms with van der Waals surface area (Å²) in [4.78, 5) is 10.4. The number of thiazole rings is 1. The molecule has 0 amide bonds. The number of hydrogen-bond acceptors (Lipinski definition) is 4. The molecule has 0 aliphatic heterocycles. The first kappa shape index (κ1) is 12.2. The van der Waals surface area contributed by atoms with Crippen molar-refractivity contribution in [3.8, 4) is 11.3 Å². The van der Waals surface area contributed by atoms with Gasteiger partial charge < -0.3 is 0 Å². The molecule has 4 heteroatoms. The van der Waals surface area contributed by atoms with Gasteiger partial charge in [0.2, 0.25) is 0 Å². The van der Waals surface area contributed by atoms with Crippen molar-refractivity contribution in [3.05, 3.63) is 39.7 Å². The Kier molecular flexibility index (Phi) is 3.89. The SMILES string of the molecule is CCc1ccc(-c2nc(CON)sc2C)cc1. The number of benzene rings is 1. The molecule has 0 fully saturated rings. The molecule has 1 aromatic heterocycles. The number of aryl methyl sites for hydroxylation is 2. The molecule has 0 aliphatic rings. The molecule has 1 aromatic carbocycles. The number of nitrogens with two attached hydrogens (primary N) is 1. The first-order valence-electron chi connectivity index (χ1n) is 5.62. The topological polar surface area (TPSA) is 48.1 Å². The van der Waals surface area contributed by atoms with Gasteiger partial charge in [0.1, 0.15) is 11.6 Å². The van der Waals surface area contributed by atoms with Crippen molar-refractivity contribution < 1.29 is 4.84 Å². The van der Waals surface area contributed by atoms with Gasteiger partial charge in [-0.25, -0.2) is 10.9 Å². The summed E-state index contributed by atoms with van der Waals surface area (Å²) in [7, 11) is 0. The molecule has 0 radical (unpaired) electrons. The van der Waals surface area contributed by atoms with E-state index >= 15 is 0 Å². The van der Waals surface area contributed by atoms with Gasteiger partial charge in [-0.2, -0.15) is 0 Å². The van der Waals surface area contributed by atoms with Crippen LogP contribution in [0.4, 0.5) is 0 Å². The molecule has 0 saturated heterocycles. The third-order valence-electron chi connectivity index (χ3n) is 2.68. The first-order chi connectivity index (χ1) is 8.24. The van der Waals surface area contributed by atoms with Crippen molar-refractivity contribution in [3.63, 3.8) is 0 Å². The van der Waals surface area contributed by atoms with Crippen LogP contribution in [0.25, 0.3) is 11.3 Å². The van der Waals surface area contributed by atoms with E-state index < -0.39 is 0 Å². The monoisotopic (exact) mass is 248 g/mol. The molecule has 1 heterocycles. The fraction of sp³-hybridized carbons (Fsp3) is 0.308. The maximum Gasteiger partial charge on any atom is 0.121 e. The lowest BCUT2D eigenvalue weighted by molar-refractivity contribution is 0.124. The van der Waals surface area contributed by atoms with E-state index in [1.807, 2.05) is 0 Å². The number of aromatic nitrogens is 1. The zero-order valence-electron chi connectivity index (χ0n) is 10.1. The van der Waals surface area contributed by atoms with E-state index in [-0.39, 0.29) is 0 Å². The smallest absolute Gasteiger partial charge is 0.121 e. The summed E-state index contributed by atoms with van der Waals surface area (Å²) in [6.45, 7) is 4.60. The fourth-order valence-corrected chi connectivity index (χ4v) is 2.63. The maximum absolute atomic E-state index is 5.06. The van der Waals surface area contributed by atoms with Crippen LogP contribution in [-0.2, 0) is 17.9 Å². The largest absolute Gasteiger partial charge is 0.297 e. The van der Waals surface area contributed by atoms with Crippen molar-refractivity contribution in [2.24, 2.45) is 5.90 Å². The molecule has 0 unspecified atom stereocenters. The number of rotatable bonds is 4. The van der Waals surface area contributed by atoms with E-state index in [4.69, 9.17) is 5.90 Å². The van der Waals surface area contributed by atoms with Gasteiger partial charge in [0.25, 0.3) is 0 Å². The Hall–Kier alpha value is -1.23. The predicted octanol–water partition coefficient (Wildman–Crippen LogP) is 3.07. The Morgan fingerprint density at radius 3 is 2.59 bits per heavy atom. The van der Waals surface area contributed by atoms with E-state index in [1.54, 1.807) is 11.3 Å². The molecule has 17 heavy (non-hydrogen) atoms. The fourth-order valence-electron chi connectivity index (χ4n) is 1.75. The predicted molar refractivity (Wildman–Crippen MR) is 70.6 cm³/mol. The maximum atomic E-state index is 5.06. The number of hydrogen-bond donors (Lipinski definition) is 1. The summed E-state index contributed by atoms with van der Waals surface area (Å²) in [5, 5.41) is 0.916. The van der Waals surface area contributed by atoms with E-state index in [0.717, 1.165) is 22.7 Å². The molecule has 0 atom stereocenters. The summed E-state index contributed by atoms with van der Waals surface area (Å²) in [6.07, 6.45) is 1.06. The quantitative estimate of drug-likeness (QED) is 0.846. The van der Waals surface area contributed by atoms with Crippen molar-refractivity contribution in [1.82, 2.24) is 4.98 Å². The van der Waals surface area contributed by atoms with Crippen LogP contribution < -0.4 is 5.90 Å². The highest BCUT2D eigenvalue weighted by Crippen LogP contribution is 2.27. The lowest BCUT2D eigenvalue weighted by atomic mass is 10.1. The van der Waals surface area contributed by atoms with Crippen molar-refractivity contribution in [2.45, 2.75) is 26.9 Å². The van der Waals surface area contributed by atoms with Crippen LogP contribution in [0.15, 0.2) is 24.3 Å². The first-order valence-corrected chi connectivity index (χ1v) is 6.43. The van der Waals surface area contributed by atoms with E-state index in [1.165, 1.54) is 10.4 Å². The van der Waals surface area contributed by atoms with E-state index in [9.17, 15) is 0 Å². The standard InChI is InChI=1S/C13H16N2OS/c1-3-10-4-6-11(7-5-10)13-9(2)17-12(15-13)8-16-14/h4-7H,3,8,14H2,1-2H3. The molecular weight excluding hydrogens is 232 g/mol. The van der Waals surface area contributed by atoms with Gasteiger partial charge in [0.15, 0.2) is 0 Å². The molecular formula is C13H16N2OS. The molecule has 2 rings (SSSR count). The van der Waals surface area contributed by atoms with Crippen molar-refractivity contribution in [2.75, 3.05) is 0 Å². The highest BCUT2D eigenvalue weighted by molar-refractivity contribution is 7.12. The molecule has 0 bridgehead atoms. The summed E-state index contributed by atoms with van der Waals surface area (Å²) < 4.78 is 0. The summed E-state index contributed by atoms with van der Waals surface area (Å²) in [5.41, 5.74) is 3.52. The Bertz CT molecular complexity index is 491. The molecule has 0 aliphatic carbocycles. The molecule has 90 valence electrons. The second-order valence-corrected chi connectivity index (χ2v) is 5.16. The molecule has 2 aromatic rings. The Balaban J connectivity index is 2.31. The van der Waals surface area contributed by atoms with Crippen LogP contribution in [-0.4, -0.2) is 4.98 Å². The minimum Gasteiger partial charge on any atom is -0.297 e. The van der Waals surface area contributed by atoms with Crippen molar-refractivity contribution in [1.29, 1.82) is 0 Å². The molecule has 0 spiro atoms. The van der Waals surface area contributed by atoms with Crippen LogP contribution in [0.1, 0.15) is 22.4 Å². The minimum absolute atomic E-state index is 0.374. The highest BCUT2D eigenvalue weighted by atomic mass is 32.1. The van der Waals surface area contributed by atoms with Gasteiger partial charge in [0, 0.05) is 10.4 Å². The average Bonchev–Trinajstić information content (AvgIpc) is 2.71. The second-order valence-electron chi connectivity index (χ2n) is 3.87. The van der Waals surface area contributed by atoms with Gasteiger partial charge in [-0.1, -0.05) is 31.2 Å². The summed E-state index contributed by atoms with van der Waals surface area (Å²) in [6, 6.07) is 8.53. The van der Waals surface area contributed by atoms with E-state index in [0.29, 0.717) is 6.61 Å². The Morgan fingerprint density at radius 1 is 1.29 bits per heavy atom. The van der Waals surface area contributed by atoms with Crippen LogP contribution in [0, 0.1) is 6.92 Å². The summed E-state index contributed by atoms with van der Waals surface area (Å²) in [5.74, 6) is 5.06. The van der Waals surface area contributed by atoms with Crippen LogP contribution >= 0.6 is 11.3 Å². The normalized spacial score (nSPS) is 10.8. The van der Waals surface area contributed by atoms with Gasteiger partial charge >= 0.3 is 0 Å². The van der Waals surface area contributed by atoms with Crippen LogP contribution in [0.3, 0.4) is 0 Å². The average molecular weight is 248 g/mol. The van der Waals surface area contributed by atoms with Gasteiger partial charge in [0.05, 0.1) is 5.69 Å². The molecule has 0 saturated carbocycles. The second kappa shape index (κ2) is 5.40. The molecule has 3 nitrogen and oxygen atoms in total. The lowest BCUT2D eigenvalue weighted by Crippen LogP contribution is -1.98. The zero-order valence-corrected chi connectivity index (χ0v) is 10.9. The number of nitrogens with zero attached hydrogens (tertiary/aromatic N) is 1. The zero-order chi connectivity index (χ0) is 12.3.